The topological polar surface area (TPSA) is 117 Å². The van der Waals surface area contributed by atoms with Crippen molar-refractivity contribution in [3.8, 4) is 0 Å². The fourth-order valence-electron chi connectivity index (χ4n) is 1.44. The van der Waals surface area contributed by atoms with E-state index in [-0.39, 0.29) is 5.92 Å². The molecule has 3 N–H and O–H groups in total. The standard InChI is InChI=1S/C11H18N4O4/c1-6(2)9(10(16)17)14-11(18)12-5-4-8-13-7(3)19-15-8/h6,9H,4-5H2,1-3H3,(H,16,17)(H2,12,14,18). The number of rotatable bonds is 6. The Hall–Kier alpha value is -2.12. The highest BCUT2D eigenvalue weighted by atomic mass is 16.5. The molecule has 0 radical (unpaired) electrons. The summed E-state index contributed by atoms with van der Waals surface area (Å²) in [6, 6.07) is -1.44. The van der Waals surface area contributed by atoms with E-state index >= 15 is 0 Å². The van der Waals surface area contributed by atoms with Crippen LogP contribution in [0.4, 0.5) is 4.79 Å². The highest BCUT2D eigenvalue weighted by Gasteiger charge is 2.23. The van der Waals surface area contributed by atoms with Crippen molar-refractivity contribution in [2.75, 3.05) is 6.54 Å². The lowest BCUT2D eigenvalue weighted by molar-refractivity contribution is -0.140. The van der Waals surface area contributed by atoms with Gasteiger partial charge in [-0.1, -0.05) is 19.0 Å². The first-order valence-electron chi connectivity index (χ1n) is 5.96. The van der Waals surface area contributed by atoms with Crippen LogP contribution < -0.4 is 10.6 Å². The van der Waals surface area contributed by atoms with E-state index in [0.717, 1.165) is 0 Å². The molecule has 1 aromatic heterocycles. The van der Waals surface area contributed by atoms with Crippen LogP contribution in [0.2, 0.25) is 0 Å². The molecule has 0 aromatic carbocycles. The second-order valence-corrected chi connectivity index (χ2v) is 4.44. The summed E-state index contributed by atoms with van der Waals surface area (Å²) >= 11 is 0. The molecular weight excluding hydrogens is 252 g/mol. The molecule has 0 fully saturated rings. The van der Waals surface area contributed by atoms with Gasteiger partial charge in [0.2, 0.25) is 5.89 Å². The Bertz CT molecular complexity index is 444. The summed E-state index contributed by atoms with van der Waals surface area (Å²) in [5.74, 6) is -0.288. The number of carbonyl (C=O) groups is 2. The first kappa shape index (κ1) is 14.9. The van der Waals surface area contributed by atoms with Crippen molar-refractivity contribution >= 4 is 12.0 Å². The highest BCUT2D eigenvalue weighted by molar-refractivity contribution is 5.82. The maximum absolute atomic E-state index is 11.5. The van der Waals surface area contributed by atoms with Gasteiger partial charge in [0.15, 0.2) is 5.82 Å². The largest absolute Gasteiger partial charge is 0.480 e. The molecule has 1 atom stereocenters. The van der Waals surface area contributed by atoms with Crippen LogP contribution in [0, 0.1) is 12.8 Å². The number of aryl methyl sites for hydroxylation is 1. The van der Waals surface area contributed by atoms with Gasteiger partial charge in [-0.15, -0.1) is 0 Å². The molecule has 0 aliphatic carbocycles. The molecular formula is C11H18N4O4. The van der Waals surface area contributed by atoms with Gasteiger partial charge < -0.3 is 20.3 Å². The van der Waals surface area contributed by atoms with E-state index in [0.29, 0.717) is 24.7 Å². The predicted molar refractivity (Wildman–Crippen MR) is 65.5 cm³/mol. The number of aromatic nitrogens is 2. The van der Waals surface area contributed by atoms with Crippen LogP contribution in [0.1, 0.15) is 25.6 Å². The van der Waals surface area contributed by atoms with E-state index in [1.165, 1.54) is 0 Å². The van der Waals surface area contributed by atoms with Crippen LogP contribution in [-0.4, -0.2) is 39.8 Å². The van der Waals surface area contributed by atoms with Crippen molar-refractivity contribution in [1.29, 1.82) is 0 Å². The molecule has 8 nitrogen and oxygen atoms in total. The summed E-state index contributed by atoms with van der Waals surface area (Å²) in [4.78, 5) is 26.4. The van der Waals surface area contributed by atoms with Crippen LogP contribution >= 0.6 is 0 Å². The molecule has 19 heavy (non-hydrogen) atoms. The summed E-state index contributed by atoms with van der Waals surface area (Å²) < 4.78 is 4.78. The minimum atomic E-state index is -1.06. The highest BCUT2D eigenvalue weighted by Crippen LogP contribution is 2.01. The van der Waals surface area contributed by atoms with E-state index in [1.807, 2.05) is 0 Å². The molecule has 0 aliphatic rings. The molecule has 1 rings (SSSR count). The average molecular weight is 270 g/mol. The van der Waals surface area contributed by atoms with E-state index in [1.54, 1.807) is 20.8 Å². The number of amides is 2. The maximum atomic E-state index is 11.5. The van der Waals surface area contributed by atoms with Crippen molar-refractivity contribution in [3.05, 3.63) is 11.7 Å². The number of carboxylic acid groups (broad SMARTS) is 1. The zero-order chi connectivity index (χ0) is 14.4. The lowest BCUT2D eigenvalue weighted by Crippen LogP contribution is -2.48. The van der Waals surface area contributed by atoms with Crippen molar-refractivity contribution in [2.24, 2.45) is 5.92 Å². The Balaban J connectivity index is 2.33. The summed E-state index contributed by atoms with van der Waals surface area (Å²) in [7, 11) is 0. The van der Waals surface area contributed by atoms with Crippen LogP contribution in [-0.2, 0) is 11.2 Å². The van der Waals surface area contributed by atoms with Crippen LogP contribution in [0.15, 0.2) is 4.52 Å². The molecule has 1 heterocycles. The number of hydrogen-bond donors (Lipinski definition) is 3. The van der Waals surface area contributed by atoms with Gasteiger partial charge in [0, 0.05) is 19.9 Å². The van der Waals surface area contributed by atoms with Crippen LogP contribution in [0.3, 0.4) is 0 Å². The van der Waals surface area contributed by atoms with E-state index in [2.05, 4.69) is 20.8 Å². The number of nitrogens with zero attached hydrogens (tertiary/aromatic N) is 2. The number of carboxylic acids is 1. The Morgan fingerprint density at radius 2 is 2.11 bits per heavy atom. The molecule has 2 amide bonds. The molecule has 1 unspecified atom stereocenters. The third-order valence-electron chi connectivity index (χ3n) is 2.42. The van der Waals surface area contributed by atoms with Gasteiger partial charge in [0.05, 0.1) is 0 Å². The molecule has 8 heteroatoms. The van der Waals surface area contributed by atoms with Gasteiger partial charge in [0.25, 0.3) is 0 Å². The SMILES string of the molecule is Cc1nc(CCNC(=O)NC(C(=O)O)C(C)C)no1. The summed E-state index contributed by atoms with van der Waals surface area (Å²) in [6.45, 7) is 5.42. The van der Waals surface area contributed by atoms with Gasteiger partial charge in [-0.3, -0.25) is 0 Å². The molecule has 0 aliphatic heterocycles. The van der Waals surface area contributed by atoms with Gasteiger partial charge >= 0.3 is 12.0 Å². The molecule has 0 saturated heterocycles. The first-order valence-corrected chi connectivity index (χ1v) is 5.96. The van der Waals surface area contributed by atoms with Crippen LogP contribution in [0.5, 0.6) is 0 Å². The predicted octanol–water partition coefficient (Wildman–Crippen LogP) is 0.329. The minimum Gasteiger partial charge on any atom is -0.480 e. The van der Waals surface area contributed by atoms with Crippen molar-refractivity contribution in [3.63, 3.8) is 0 Å². The molecule has 0 spiro atoms. The zero-order valence-corrected chi connectivity index (χ0v) is 11.1. The third-order valence-corrected chi connectivity index (χ3v) is 2.42. The van der Waals surface area contributed by atoms with E-state index in [9.17, 15) is 9.59 Å². The quantitative estimate of drug-likeness (QED) is 0.685. The Morgan fingerprint density at radius 3 is 2.58 bits per heavy atom. The average Bonchev–Trinajstić information content (AvgIpc) is 2.71. The number of carbonyl (C=O) groups excluding carboxylic acids is 1. The fourth-order valence-corrected chi connectivity index (χ4v) is 1.44. The Morgan fingerprint density at radius 1 is 1.42 bits per heavy atom. The zero-order valence-electron chi connectivity index (χ0n) is 11.1. The monoisotopic (exact) mass is 270 g/mol. The van der Waals surface area contributed by atoms with Crippen molar-refractivity contribution < 1.29 is 19.2 Å². The maximum Gasteiger partial charge on any atom is 0.326 e. The van der Waals surface area contributed by atoms with E-state index in [4.69, 9.17) is 9.63 Å². The molecule has 0 bridgehead atoms. The fraction of sp³-hybridized carbons (Fsp3) is 0.636. The Kier molecular flexibility index (Phi) is 5.28. The number of urea groups is 1. The summed E-state index contributed by atoms with van der Waals surface area (Å²) in [6.07, 6.45) is 0.421. The van der Waals surface area contributed by atoms with Gasteiger partial charge in [-0.2, -0.15) is 4.98 Å². The minimum absolute atomic E-state index is 0.192. The van der Waals surface area contributed by atoms with Crippen molar-refractivity contribution in [2.45, 2.75) is 33.2 Å². The Labute approximate surface area is 110 Å². The second-order valence-electron chi connectivity index (χ2n) is 4.44. The van der Waals surface area contributed by atoms with Gasteiger partial charge in [-0.25, -0.2) is 9.59 Å². The number of nitrogens with one attached hydrogen (secondary N) is 2. The van der Waals surface area contributed by atoms with Crippen LogP contribution in [0.25, 0.3) is 0 Å². The summed E-state index contributed by atoms with van der Waals surface area (Å²) in [5, 5.41) is 17.5. The lowest BCUT2D eigenvalue weighted by Gasteiger charge is -2.18. The second kappa shape index (κ2) is 6.72. The molecule has 106 valence electrons. The smallest absolute Gasteiger partial charge is 0.326 e. The van der Waals surface area contributed by atoms with Gasteiger partial charge in [0.1, 0.15) is 6.04 Å². The van der Waals surface area contributed by atoms with Crippen molar-refractivity contribution in [1.82, 2.24) is 20.8 Å². The first-order chi connectivity index (χ1) is 8.90. The molecule has 1 aromatic rings. The van der Waals surface area contributed by atoms with Gasteiger partial charge in [-0.05, 0) is 5.92 Å². The number of aliphatic carboxylic acids is 1. The van der Waals surface area contributed by atoms with E-state index < -0.39 is 18.0 Å². The normalized spacial score (nSPS) is 12.2. The molecule has 0 saturated carbocycles. The summed E-state index contributed by atoms with van der Waals surface area (Å²) in [5.41, 5.74) is 0. The lowest BCUT2D eigenvalue weighted by atomic mass is 10.1. The number of hydrogen-bond acceptors (Lipinski definition) is 5. The third kappa shape index (κ3) is 4.94.